The maximum absolute atomic E-state index is 13.4. The first-order chi connectivity index (χ1) is 16.3. The van der Waals surface area contributed by atoms with Gasteiger partial charge in [0.05, 0.1) is 16.3 Å². The molecule has 2 amide bonds. The number of hydrogen-bond donors (Lipinski definition) is 1. The van der Waals surface area contributed by atoms with Crippen LogP contribution in [0.2, 0.25) is 5.02 Å². The van der Waals surface area contributed by atoms with Crippen LogP contribution in [0.4, 0.5) is 15.8 Å². The number of carbonyl (C=O) groups is 4. The zero-order valence-electron chi connectivity index (χ0n) is 17.1. The summed E-state index contributed by atoms with van der Waals surface area (Å²) in [6, 6.07) is 15.3. The van der Waals surface area contributed by atoms with E-state index in [1.165, 1.54) is 54.6 Å². The summed E-state index contributed by atoms with van der Waals surface area (Å²) in [5, 5.41) is 2.16. The summed E-state index contributed by atoms with van der Waals surface area (Å²) < 4.78 is 18.7. The molecular weight excluding hydrogens is 486 g/mol. The van der Waals surface area contributed by atoms with Gasteiger partial charge in [0, 0.05) is 11.3 Å². The molecular formula is C24H13Cl2FN2O5. The summed E-state index contributed by atoms with van der Waals surface area (Å²) in [6.45, 7) is 0. The van der Waals surface area contributed by atoms with Crippen LogP contribution < -0.4 is 15.0 Å². The molecule has 0 unspecified atom stereocenters. The number of nitrogens with zero attached hydrogens (tertiary/aromatic N) is 1. The fourth-order valence-electron chi connectivity index (χ4n) is 3.08. The molecule has 0 aromatic heterocycles. The number of nitrogens with one attached hydrogen (secondary N) is 1. The Labute approximate surface area is 202 Å². The Kier molecular flexibility index (Phi) is 6.45. The van der Waals surface area contributed by atoms with E-state index in [1.54, 1.807) is 0 Å². The first-order valence-electron chi connectivity index (χ1n) is 9.66. The number of esters is 1. The first kappa shape index (κ1) is 23.2. The molecule has 1 aliphatic rings. The summed E-state index contributed by atoms with van der Waals surface area (Å²) in [7, 11) is 0. The number of halogens is 3. The van der Waals surface area contributed by atoms with Gasteiger partial charge in [-0.2, -0.15) is 0 Å². The Bertz CT molecular complexity index is 1350. The molecule has 0 saturated heterocycles. The normalized spacial score (nSPS) is 13.3. The molecule has 0 fully saturated rings. The average Bonchev–Trinajstić information content (AvgIpc) is 3.05. The summed E-state index contributed by atoms with van der Waals surface area (Å²) >= 11 is 11.8. The predicted molar refractivity (Wildman–Crippen MR) is 124 cm³/mol. The smallest absolute Gasteiger partial charge is 0.343 e. The van der Waals surface area contributed by atoms with Gasteiger partial charge in [0.1, 0.15) is 28.6 Å². The van der Waals surface area contributed by atoms with Gasteiger partial charge in [0.2, 0.25) is 0 Å². The predicted octanol–water partition coefficient (Wildman–Crippen LogP) is 4.95. The van der Waals surface area contributed by atoms with E-state index in [0.717, 1.165) is 17.0 Å². The van der Waals surface area contributed by atoms with Crippen molar-refractivity contribution >= 4 is 58.6 Å². The third-order valence-electron chi connectivity index (χ3n) is 4.81. The standard InChI is InChI=1S/C24H13Cl2FN2O5/c25-18-11-16(7-10-19(18)27)29-22(31)20(26)21(23(29)32)28-15-5-3-14(4-6-15)24(33)34-17-8-1-13(12-30)2-9-17/h1-12,28H. The number of carbonyl (C=O) groups excluding carboxylic acids is 4. The number of anilines is 2. The van der Waals surface area contributed by atoms with E-state index < -0.39 is 23.6 Å². The highest BCUT2D eigenvalue weighted by Crippen LogP contribution is 2.32. The number of ether oxygens (including phenoxy) is 1. The van der Waals surface area contributed by atoms with Gasteiger partial charge in [-0.15, -0.1) is 0 Å². The molecule has 0 spiro atoms. The van der Waals surface area contributed by atoms with Crippen molar-refractivity contribution in [3.8, 4) is 5.75 Å². The fraction of sp³-hybridized carbons (Fsp3) is 0. The van der Waals surface area contributed by atoms with Crippen LogP contribution in [-0.2, 0) is 9.59 Å². The lowest BCUT2D eigenvalue weighted by Gasteiger charge is -2.15. The molecule has 10 heteroatoms. The summed E-state index contributed by atoms with van der Waals surface area (Å²) in [5.41, 5.74) is 0.930. The van der Waals surface area contributed by atoms with E-state index in [2.05, 4.69) is 5.32 Å². The molecule has 1 heterocycles. The molecule has 0 aliphatic carbocycles. The van der Waals surface area contributed by atoms with Crippen molar-refractivity contribution < 1.29 is 28.3 Å². The lowest BCUT2D eigenvalue weighted by atomic mass is 10.2. The molecule has 3 aromatic rings. The summed E-state index contributed by atoms with van der Waals surface area (Å²) in [5.74, 6) is -2.60. The third-order valence-corrected chi connectivity index (χ3v) is 5.45. The van der Waals surface area contributed by atoms with Crippen LogP contribution in [0.5, 0.6) is 5.75 Å². The first-order valence-corrected chi connectivity index (χ1v) is 10.4. The van der Waals surface area contributed by atoms with Crippen molar-refractivity contribution in [2.75, 3.05) is 10.2 Å². The van der Waals surface area contributed by atoms with Crippen molar-refractivity contribution in [3.05, 3.63) is 99.4 Å². The minimum atomic E-state index is -0.794. The lowest BCUT2D eigenvalue weighted by molar-refractivity contribution is -0.120. The van der Waals surface area contributed by atoms with Crippen molar-refractivity contribution in [2.24, 2.45) is 0 Å². The highest BCUT2D eigenvalue weighted by atomic mass is 35.5. The van der Waals surface area contributed by atoms with Crippen LogP contribution in [0.25, 0.3) is 0 Å². The summed E-state index contributed by atoms with van der Waals surface area (Å²) in [6.07, 6.45) is 0.676. The summed E-state index contributed by atoms with van der Waals surface area (Å²) in [4.78, 5) is 49.2. The molecule has 34 heavy (non-hydrogen) atoms. The number of imide groups is 1. The number of hydrogen-bond acceptors (Lipinski definition) is 6. The molecule has 0 bridgehead atoms. The highest BCUT2D eigenvalue weighted by molar-refractivity contribution is 6.53. The molecule has 0 saturated carbocycles. The van der Waals surface area contributed by atoms with Gasteiger partial charge in [0.25, 0.3) is 11.8 Å². The molecule has 1 N–H and O–H groups in total. The second-order valence-corrected chi connectivity index (χ2v) is 7.80. The van der Waals surface area contributed by atoms with Crippen LogP contribution in [0.3, 0.4) is 0 Å². The molecule has 4 rings (SSSR count). The van der Waals surface area contributed by atoms with E-state index in [0.29, 0.717) is 17.5 Å². The van der Waals surface area contributed by atoms with Crippen molar-refractivity contribution in [3.63, 3.8) is 0 Å². The third kappa shape index (κ3) is 4.54. The number of benzene rings is 3. The van der Waals surface area contributed by atoms with Gasteiger partial charge in [-0.3, -0.25) is 14.4 Å². The Morgan fingerprint density at radius 1 is 0.941 bits per heavy atom. The van der Waals surface area contributed by atoms with E-state index >= 15 is 0 Å². The average molecular weight is 499 g/mol. The second-order valence-electron chi connectivity index (χ2n) is 7.01. The van der Waals surface area contributed by atoms with E-state index in [1.807, 2.05) is 0 Å². The van der Waals surface area contributed by atoms with Crippen LogP contribution in [-0.4, -0.2) is 24.1 Å². The molecule has 1 aliphatic heterocycles. The van der Waals surface area contributed by atoms with Crippen LogP contribution in [0, 0.1) is 5.82 Å². The van der Waals surface area contributed by atoms with Crippen LogP contribution in [0.1, 0.15) is 20.7 Å². The van der Waals surface area contributed by atoms with Gasteiger partial charge >= 0.3 is 5.97 Å². The number of amides is 2. The molecule has 0 atom stereocenters. The lowest BCUT2D eigenvalue weighted by Crippen LogP contribution is -2.32. The Balaban J connectivity index is 1.47. The number of aldehydes is 1. The quantitative estimate of drug-likeness (QED) is 0.224. The molecule has 170 valence electrons. The van der Waals surface area contributed by atoms with Crippen LogP contribution in [0.15, 0.2) is 77.5 Å². The van der Waals surface area contributed by atoms with Crippen LogP contribution >= 0.6 is 23.2 Å². The number of rotatable bonds is 6. The Morgan fingerprint density at radius 2 is 1.62 bits per heavy atom. The maximum atomic E-state index is 13.4. The van der Waals surface area contributed by atoms with E-state index in [-0.39, 0.29) is 32.8 Å². The topological polar surface area (TPSA) is 92.8 Å². The van der Waals surface area contributed by atoms with Crippen molar-refractivity contribution in [1.82, 2.24) is 0 Å². The molecule has 3 aromatic carbocycles. The minimum absolute atomic E-state index is 0.0654. The highest BCUT2D eigenvalue weighted by Gasteiger charge is 2.39. The second kappa shape index (κ2) is 9.46. The van der Waals surface area contributed by atoms with Crippen molar-refractivity contribution in [1.29, 1.82) is 0 Å². The van der Waals surface area contributed by atoms with Crippen molar-refractivity contribution in [2.45, 2.75) is 0 Å². The van der Waals surface area contributed by atoms with Gasteiger partial charge in [-0.05, 0) is 66.7 Å². The van der Waals surface area contributed by atoms with Gasteiger partial charge in [-0.1, -0.05) is 23.2 Å². The zero-order chi connectivity index (χ0) is 24.4. The van der Waals surface area contributed by atoms with E-state index in [4.69, 9.17) is 27.9 Å². The minimum Gasteiger partial charge on any atom is -0.423 e. The molecule has 7 nitrogen and oxygen atoms in total. The monoisotopic (exact) mass is 498 g/mol. The zero-order valence-corrected chi connectivity index (χ0v) is 18.6. The van der Waals surface area contributed by atoms with Gasteiger partial charge in [-0.25, -0.2) is 14.1 Å². The maximum Gasteiger partial charge on any atom is 0.343 e. The SMILES string of the molecule is O=Cc1ccc(OC(=O)c2ccc(NC3=C(Cl)C(=O)N(c4ccc(F)c(Cl)c4)C3=O)cc2)cc1. The fourth-order valence-corrected chi connectivity index (χ4v) is 3.47. The van der Waals surface area contributed by atoms with Gasteiger partial charge < -0.3 is 10.1 Å². The van der Waals surface area contributed by atoms with E-state index in [9.17, 15) is 23.6 Å². The Morgan fingerprint density at radius 3 is 2.24 bits per heavy atom. The van der Waals surface area contributed by atoms with Gasteiger partial charge in [0.15, 0.2) is 0 Å². The molecule has 0 radical (unpaired) electrons. The largest absolute Gasteiger partial charge is 0.423 e. The Hall–Kier alpha value is -4.01.